The number of benzene rings is 1. The van der Waals surface area contributed by atoms with Gasteiger partial charge in [-0.05, 0) is 12.1 Å². The Morgan fingerprint density at radius 1 is 1.43 bits per heavy atom. The largest absolute Gasteiger partial charge is 0.383 e. The molecule has 3 aliphatic heterocycles. The number of rotatable bonds is 0. The first-order valence-corrected chi connectivity index (χ1v) is 7.08. The minimum atomic E-state index is -1.32. The van der Waals surface area contributed by atoms with Gasteiger partial charge in [0.2, 0.25) is 0 Å². The van der Waals surface area contributed by atoms with Gasteiger partial charge in [0.05, 0.1) is 29.8 Å². The molecule has 3 aliphatic rings. The van der Waals surface area contributed by atoms with Crippen molar-refractivity contribution in [2.24, 2.45) is 0 Å². The number of nitrogens with zero attached hydrogens (tertiary/aromatic N) is 3. The third kappa shape index (κ3) is 1.25. The van der Waals surface area contributed by atoms with Gasteiger partial charge in [0, 0.05) is 6.42 Å². The molecular weight excluding hydrogens is 270 g/mol. The van der Waals surface area contributed by atoms with Crippen LogP contribution in [0.25, 0.3) is 11.0 Å². The summed E-state index contributed by atoms with van der Waals surface area (Å²) in [6.07, 6.45) is -0.350. The Bertz CT molecular complexity index is 795. The summed E-state index contributed by atoms with van der Waals surface area (Å²) in [5, 5.41) is 20.6. The van der Waals surface area contributed by atoms with E-state index in [-0.39, 0.29) is 12.1 Å². The van der Waals surface area contributed by atoms with E-state index < -0.39 is 17.8 Å². The fraction of sp³-hybridized carbons (Fsp3) is 0.467. The van der Waals surface area contributed by atoms with E-state index in [2.05, 4.69) is 15.6 Å². The molecule has 4 bridgehead atoms. The van der Waals surface area contributed by atoms with Crippen LogP contribution in [0.4, 0.5) is 0 Å². The van der Waals surface area contributed by atoms with Crippen LogP contribution in [0.2, 0.25) is 0 Å². The lowest BCUT2D eigenvalue weighted by Crippen LogP contribution is -2.57. The fourth-order valence-electron chi connectivity index (χ4n) is 3.97. The van der Waals surface area contributed by atoms with Gasteiger partial charge >= 0.3 is 0 Å². The molecule has 0 saturated carbocycles. The second-order valence-electron chi connectivity index (χ2n) is 5.99. The summed E-state index contributed by atoms with van der Waals surface area (Å²) in [5.74, 6) is -0.119. The highest BCUT2D eigenvalue weighted by molar-refractivity contribution is 5.76. The predicted molar refractivity (Wildman–Crippen MR) is 71.3 cm³/mol. The molecule has 6 nitrogen and oxygen atoms in total. The number of aromatic nitrogens is 2. The first-order chi connectivity index (χ1) is 10.2. The Labute approximate surface area is 120 Å². The maximum absolute atomic E-state index is 11.0. The number of aliphatic hydroxyl groups is 1. The van der Waals surface area contributed by atoms with E-state index in [1.807, 2.05) is 24.3 Å². The molecule has 0 spiro atoms. The second kappa shape index (κ2) is 3.63. The molecule has 1 N–H and O–H groups in total. The Kier molecular flexibility index (Phi) is 2.02. The molecule has 0 aliphatic carbocycles. The molecule has 21 heavy (non-hydrogen) atoms. The molecule has 4 heterocycles. The Balaban J connectivity index is 1.85. The monoisotopic (exact) mass is 283 g/mol. The highest BCUT2D eigenvalue weighted by Gasteiger charge is 2.62. The minimum absolute atomic E-state index is 0.0410. The summed E-state index contributed by atoms with van der Waals surface area (Å²) in [7, 11) is 0. The topological polar surface area (TPSA) is 80.3 Å². The van der Waals surface area contributed by atoms with Crippen molar-refractivity contribution in [1.82, 2.24) is 9.55 Å². The van der Waals surface area contributed by atoms with E-state index >= 15 is 0 Å². The summed E-state index contributed by atoms with van der Waals surface area (Å²) in [6.45, 7) is 0.446. The van der Waals surface area contributed by atoms with Crippen LogP contribution in [-0.4, -0.2) is 39.3 Å². The van der Waals surface area contributed by atoms with Crippen molar-refractivity contribution >= 4 is 11.0 Å². The van der Waals surface area contributed by atoms with E-state index in [9.17, 15) is 10.4 Å². The highest BCUT2D eigenvalue weighted by atomic mass is 16.7. The van der Waals surface area contributed by atoms with Crippen molar-refractivity contribution < 1.29 is 14.6 Å². The first-order valence-electron chi connectivity index (χ1n) is 7.08. The Hall–Kier alpha value is -1.94. The molecule has 1 aromatic carbocycles. The van der Waals surface area contributed by atoms with Crippen LogP contribution < -0.4 is 0 Å². The van der Waals surface area contributed by atoms with Crippen LogP contribution in [0.15, 0.2) is 24.3 Å². The molecule has 2 saturated heterocycles. The fourth-order valence-corrected chi connectivity index (χ4v) is 3.97. The van der Waals surface area contributed by atoms with Gasteiger partial charge in [-0.2, -0.15) is 5.26 Å². The van der Waals surface area contributed by atoms with Crippen molar-refractivity contribution in [2.75, 3.05) is 6.61 Å². The molecule has 2 fully saturated rings. The number of hydrogen-bond donors (Lipinski definition) is 1. The standard InChI is InChI=1S/C15H13N3O3/c16-6-8-13-17-9-3-1-2-4-10(9)18(13)11-5-15(8,19)14-20-7-12(11)21-14/h1-4,8,11-12,14,19H,5,7H2/t8-,11-,12+,14+,15+/m0/s1. The smallest absolute Gasteiger partial charge is 0.188 e. The zero-order valence-electron chi connectivity index (χ0n) is 11.1. The van der Waals surface area contributed by atoms with Gasteiger partial charge in [0.1, 0.15) is 23.4 Å². The van der Waals surface area contributed by atoms with Crippen LogP contribution in [0.3, 0.4) is 0 Å². The van der Waals surface area contributed by atoms with Crippen LogP contribution in [0.1, 0.15) is 24.2 Å². The minimum Gasteiger partial charge on any atom is -0.383 e. The van der Waals surface area contributed by atoms with Gasteiger partial charge in [-0.15, -0.1) is 0 Å². The zero-order chi connectivity index (χ0) is 14.2. The van der Waals surface area contributed by atoms with Crippen LogP contribution in [0.5, 0.6) is 0 Å². The number of para-hydroxylation sites is 2. The molecule has 6 heteroatoms. The van der Waals surface area contributed by atoms with Crippen molar-refractivity contribution in [3.05, 3.63) is 30.1 Å². The average molecular weight is 283 g/mol. The lowest BCUT2D eigenvalue weighted by atomic mass is 9.76. The predicted octanol–water partition coefficient (Wildman–Crippen LogP) is 1.07. The number of nitriles is 1. The van der Waals surface area contributed by atoms with E-state index in [0.717, 1.165) is 11.0 Å². The third-order valence-corrected chi connectivity index (χ3v) is 4.93. The Morgan fingerprint density at radius 3 is 3.14 bits per heavy atom. The maximum Gasteiger partial charge on any atom is 0.188 e. The number of imidazole rings is 1. The van der Waals surface area contributed by atoms with Crippen molar-refractivity contribution in [3.63, 3.8) is 0 Å². The van der Waals surface area contributed by atoms with Gasteiger partial charge in [0.15, 0.2) is 6.29 Å². The second-order valence-corrected chi connectivity index (χ2v) is 5.99. The molecule has 1 aromatic heterocycles. The van der Waals surface area contributed by atoms with Crippen LogP contribution in [-0.2, 0) is 9.47 Å². The molecule has 0 unspecified atom stereocenters. The summed E-state index contributed by atoms with van der Waals surface area (Å²) in [5.41, 5.74) is 0.513. The van der Waals surface area contributed by atoms with Crippen molar-refractivity contribution in [1.29, 1.82) is 5.26 Å². The van der Waals surface area contributed by atoms with Gasteiger partial charge in [0.25, 0.3) is 0 Å². The molecule has 5 atom stereocenters. The quantitative estimate of drug-likeness (QED) is 0.782. The molecule has 106 valence electrons. The molecule has 0 amide bonds. The van der Waals surface area contributed by atoms with Crippen molar-refractivity contribution in [3.8, 4) is 6.07 Å². The lowest BCUT2D eigenvalue weighted by Gasteiger charge is -2.47. The van der Waals surface area contributed by atoms with Gasteiger partial charge in [-0.3, -0.25) is 0 Å². The SMILES string of the molecule is N#C[C@H]1c2nc3ccccc3n2[C@H]2C[C@]1(O)[C@@H]1OC[C@H]2O1. The van der Waals surface area contributed by atoms with Gasteiger partial charge in [-0.25, -0.2) is 4.98 Å². The first kappa shape index (κ1) is 11.7. The van der Waals surface area contributed by atoms with Gasteiger partial charge in [-0.1, -0.05) is 12.1 Å². The summed E-state index contributed by atoms with van der Waals surface area (Å²) >= 11 is 0. The molecule has 5 rings (SSSR count). The van der Waals surface area contributed by atoms with Crippen LogP contribution in [0, 0.1) is 11.3 Å². The van der Waals surface area contributed by atoms with E-state index in [1.54, 1.807) is 0 Å². The Morgan fingerprint density at radius 2 is 2.29 bits per heavy atom. The van der Waals surface area contributed by atoms with E-state index in [0.29, 0.717) is 18.9 Å². The van der Waals surface area contributed by atoms with Crippen molar-refractivity contribution in [2.45, 2.75) is 36.4 Å². The average Bonchev–Trinajstić information content (AvgIpc) is 3.09. The van der Waals surface area contributed by atoms with E-state index in [1.165, 1.54) is 0 Å². The lowest BCUT2D eigenvalue weighted by molar-refractivity contribution is -0.234. The summed E-state index contributed by atoms with van der Waals surface area (Å²) in [4.78, 5) is 4.60. The normalized spacial score (nSPS) is 40.0. The zero-order valence-corrected chi connectivity index (χ0v) is 11.1. The van der Waals surface area contributed by atoms with Crippen LogP contribution >= 0.6 is 0 Å². The number of ether oxygens (including phenoxy) is 2. The van der Waals surface area contributed by atoms with Gasteiger partial charge < -0.3 is 19.1 Å². The molecule has 0 radical (unpaired) electrons. The third-order valence-electron chi connectivity index (χ3n) is 4.93. The molecule has 2 aromatic rings. The summed E-state index contributed by atoms with van der Waals surface area (Å²) in [6, 6.07) is 9.97. The number of fused-ring (bicyclic) bond motifs is 10. The van der Waals surface area contributed by atoms with E-state index in [4.69, 9.17) is 9.47 Å². The number of hydrogen-bond acceptors (Lipinski definition) is 5. The summed E-state index contributed by atoms with van der Waals surface area (Å²) < 4.78 is 13.4. The molecular formula is C15H13N3O3. The maximum atomic E-state index is 11.0. The highest BCUT2D eigenvalue weighted by Crippen LogP contribution is 2.52.